The van der Waals surface area contributed by atoms with Gasteiger partial charge in [0, 0.05) is 42.7 Å². The molecule has 0 radical (unpaired) electrons. The monoisotopic (exact) mass is 411 g/mol. The molecule has 1 aliphatic carbocycles. The fourth-order valence-corrected chi connectivity index (χ4v) is 4.15. The summed E-state index contributed by atoms with van der Waals surface area (Å²) in [6.45, 7) is 6.37. The highest BCUT2D eigenvalue weighted by molar-refractivity contribution is 6.04. The lowest BCUT2D eigenvalue weighted by atomic mass is 9.84. The van der Waals surface area contributed by atoms with Crippen LogP contribution in [0.1, 0.15) is 63.9 Å². The van der Waals surface area contributed by atoms with Crippen molar-refractivity contribution in [3.63, 3.8) is 0 Å². The average molecular weight is 412 g/mol. The van der Waals surface area contributed by atoms with Gasteiger partial charge < -0.3 is 14.2 Å². The number of hydrogen-bond acceptors (Lipinski definition) is 5. The van der Waals surface area contributed by atoms with E-state index >= 15 is 0 Å². The summed E-state index contributed by atoms with van der Waals surface area (Å²) in [5, 5.41) is 0. The van der Waals surface area contributed by atoms with Crippen LogP contribution >= 0.6 is 0 Å². The molecule has 0 atom stereocenters. The fourth-order valence-electron chi connectivity index (χ4n) is 4.15. The van der Waals surface area contributed by atoms with Gasteiger partial charge in [-0.1, -0.05) is 12.5 Å². The molecule has 0 bridgehead atoms. The molecule has 3 rings (SSSR count). The van der Waals surface area contributed by atoms with Gasteiger partial charge in [-0.25, -0.2) is 4.79 Å². The third kappa shape index (κ3) is 4.15. The maximum atomic E-state index is 13.3. The first kappa shape index (κ1) is 21.7. The van der Waals surface area contributed by atoms with Crippen LogP contribution in [0.2, 0.25) is 0 Å². The Morgan fingerprint density at radius 2 is 2.00 bits per heavy atom. The molecule has 2 aromatic rings. The summed E-state index contributed by atoms with van der Waals surface area (Å²) in [5.74, 6) is -0.632. The molecule has 1 aliphatic rings. The molecule has 0 unspecified atom stereocenters. The highest BCUT2D eigenvalue weighted by Gasteiger charge is 2.32. The molecule has 0 aromatic carbocycles. The Balaban J connectivity index is 1.91. The molecule has 30 heavy (non-hydrogen) atoms. The number of esters is 1. The Hall–Kier alpha value is -2.96. The molecule has 7 heteroatoms. The lowest BCUT2D eigenvalue weighted by Gasteiger charge is -2.31. The molecule has 2 aromatic heterocycles. The van der Waals surface area contributed by atoms with Crippen molar-refractivity contribution in [3.8, 4) is 0 Å². The van der Waals surface area contributed by atoms with Gasteiger partial charge >= 0.3 is 5.97 Å². The van der Waals surface area contributed by atoms with Crippen LogP contribution in [0.3, 0.4) is 0 Å². The van der Waals surface area contributed by atoms with Crippen molar-refractivity contribution in [2.24, 2.45) is 5.92 Å². The third-order valence-corrected chi connectivity index (χ3v) is 5.94. The molecule has 1 saturated carbocycles. The smallest absolute Gasteiger partial charge is 0.354 e. The fraction of sp³-hybridized carbons (Fsp3) is 0.478. The topological polar surface area (TPSA) is 81.5 Å². The van der Waals surface area contributed by atoms with Gasteiger partial charge in [0.1, 0.15) is 5.69 Å². The number of rotatable bonds is 8. The summed E-state index contributed by atoms with van der Waals surface area (Å²) in [7, 11) is 1.33. The van der Waals surface area contributed by atoms with Crippen molar-refractivity contribution >= 4 is 17.7 Å². The minimum atomic E-state index is -0.464. The van der Waals surface area contributed by atoms with Gasteiger partial charge in [-0.3, -0.25) is 14.6 Å². The highest BCUT2D eigenvalue weighted by atomic mass is 16.5. The zero-order valence-electron chi connectivity index (χ0n) is 18.1. The number of aromatic nitrogens is 2. The average Bonchev–Trinajstić information content (AvgIpc) is 2.95. The van der Waals surface area contributed by atoms with Gasteiger partial charge in [-0.2, -0.15) is 0 Å². The van der Waals surface area contributed by atoms with Crippen LogP contribution in [0.15, 0.2) is 24.5 Å². The Labute approximate surface area is 177 Å². The number of hydrogen-bond donors (Lipinski definition) is 0. The van der Waals surface area contributed by atoms with Gasteiger partial charge in [0.15, 0.2) is 5.78 Å². The predicted octanol–water partition coefficient (Wildman–Crippen LogP) is 3.32. The lowest BCUT2D eigenvalue weighted by molar-refractivity contribution is -0.138. The van der Waals surface area contributed by atoms with Crippen LogP contribution in [0.5, 0.6) is 0 Å². The number of amides is 1. The Morgan fingerprint density at radius 3 is 2.53 bits per heavy atom. The van der Waals surface area contributed by atoms with Crippen molar-refractivity contribution in [2.45, 2.75) is 53.1 Å². The molecule has 160 valence electrons. The van der Waals surface area contributed by atoms with E-state index in [1.165, 1.54) is 7.11 Å². The summed E-state index contributed by atoms with van der Waals surface area (Å²) in [4.78, 5) is 44.4. The van der Waals surface area contributed by atoms with Gasteiger partial charge in [0.05, 0.1) is 13.7 Å². The summed E-state index contributed by atoms with van der Waals surface area (Å²) in [6.07, 6.45) is 6.18. The number of methoxy groups -OCH3 is 1. The number of nitrogens with zero attached hydrogens (tertiary/aromatic N) is 3. The predicted molar refractivity (Wildman–Crippen MR) is 112 cm³/mol. The number of Topliss-reactive ketones (excluding diaryl/α,β-unsaturated/α-hetero) is 1. The Morgan fingerprint density at radius 1 is 1.27 bits per heavy atom. The van der Waals surface area contributed by atoms with Crippen LogP contribution < -0.4 is 0 Å². The van der Waals surface area contributed by atoms with E-state index in [9.17, 15) is 14.4 Å². The maximum absolute atomic E-state index is 13.3. The summed E-state index contributed by atoms with van der Waals surface area (Å²) < 4.78 is 6.72. The van der Waals surface area contributed by atoms with Crippen LogP contribution in [0.25, 0.3) is 0 Å². The molecule has 1 fully saturated rings. The van der Waals surface area contributed by atoms with E-state index in [2.05, 4.69) is 4.98 Å². The standard InChI is InChI=1S/C23H29N3O4/c1-5-26-16(3)20(15(2)21(26)23(29)30-4)19(27)14-25(22(28)18-9-6-10-18)13-17-8-7-11-24-12-17/h7-8,11-12,18H,5-6,9-10,13-14H2,1-4H3. The van der Waals surface area contributed by atoms with Crippen molar-refractivity contribution in [2.75, 3.05) is 13.7 Å². The number of ether oxygens (including phenoxy) is 1. The molecule has 1 amide bonds. The van der Waals surface area contributed by atoms with E-state index in [1.54, 1.807) is 28.8 Å². The molecule has 0 N–H and O–H groups in total. The molecule has 7 nitrogen and oxygen atoms in total. The summed E-state index contributed by atoms with van der Waals surface area (Å²) in [6, 6.07) is 3.72. The number of carbonyl (C=O) groups excluding carboxylic acids is 3. The largest absolute Gasteiger partial charge is 0.464 e. The van der Waals surface area contributed by atoms with Crippen LogP contribution in [-0.2, 0) is 22.6 Å². The number of ketones is 1. The van der Waals surface area contributed by atoms with Gasteiger partial charge in [-0.05, 0) is 50.8 Å². The molecule has 0 spiro atoms. The van der Waals surface area contributed by atoms with Crippen molar-refractivity contribution in [1.82, 2.24) is 14.5 Å². The Bertz CT molecular complexity index is 945. The zero-order chi connectivity index (χ0) is 21.8. The highest BCUT2D eigenvalue weighted by Crippen LogP contribution is 2.29. The molecular formula is C23H29N3O4. The minimum absolute atomic E-state index is 0.0110. The zero-order valence-corrected chi connectivity index (χ0v) is 18.1. The second kappa shape index (κ2) is 9.24. The third-order valence-electron chi connectivity index (χ3n) is 5.94. The lowest BCUT2D eigenvalue weighted by Crippen LogP contribution is -2.41. The van der Waals surface area contributed by atoms with Crippen LogP contribution in [-0.4, -0.2) is 45.8 Å². The normalized spacial score (nSPS) is 13.6. The minimum Gasteiger partial charge on any atom is -0.464 e. The van der Waals surface area contributed by atoms with E-state index in [0.29, 0.717) is 29.9 Å². The molecule has 0 aliphatic heterocycles. The Kier molecular flexibility index (Phi) is 6.70. The van der Waals surface area contributed by atoms with Crippen molar-refractivity contribution < 1.29 is 19.1 Å². The van der Waals surface area contributed by atoms with Gasteiger partial charge in [0.2, 0.25) is 5.91 Å². The molecule has 0 saturated heterocycles. The number of carbonyl (C=O) groups is 3. The van der Waals surface area contributed by atoms with E-state index in [0.717, 1.165) is 30.5 Å². The second-order valence-corrected chi connectivity index (χ2v) is 7.78. The maximum Gasteiger partial charge on any atom is 0.354 e. The van der Waals surface area contributed by atoms with Crippen LogP contribution in [0.4, 0.5) is 0 Å². The van der Waals surface area contributed by atoms with E-state index in [4.69, 9.17) is 4.74 Å². The first-order chi connectivity index (χ1) is 14.4. The summed E-state index contributed by atoms with van der Waals surface area (Å²) >= 11 is 0. The molecular weight excluding hydrogens is 382 g/mol. The van der Waals surface area contributed by atoms with E-state index in [1.807, 2.05) is 26.0 Å². The van der Waals surface area contributed by atoms with E-state index in [-0.39, 0.29) is 24.2 Å². The first-order valence-corrected chi connectivity index (χ1v) is 10.4. The SMILES string of the molecule is CCn1c(C)c(C(=O)CN(Cc2cccnc2)C(=O)C2CCC2)c(C)c1C(=O)OC. The quantitative estimate of drug-likeness (QED) is 0.492. The van der Waals surface area contributed by atoms with Crippen LogP contribution in [0, 0.1) is 19.8 Å². The van der Waals surface area contributed by atoms with Crippen molar-refractivity contribution in [1.29, 1.82) is 0 Å². The first-order valence-electron chi connectivity index (χ1n) is 10.4. The molecule has 2 heterocycles. The van der Waals surface area contributed by atoms with Crippen molar-refractivity contribution in [3.05, 3.63) is 52.6 Å². The van der Waals surface area contributed by atoms with E-state index < -0.39 is 5.97 Å². The summed E-state index contributed by atoms with van der Waals surface area (Å²) in [5.41, 5.74) is 3.09. The van der Waals surface area contributed by atoms with Gasteiger partial charge in [-0.15, -0.1) is 0 Å². The number of pyridine rings is 1. The van der Waals surface area contributed by atoms with Gasteiger partial charge in [0.25, 0.3) is 0 Å². The second-order valence-electron chi connectivity index (χ2n) is 7.78.